The van der Waals surface area contributed by atoms with Crippen LogP contribution in [0, 0.1) is 13.8 Å². The molecular weight excluding hydrogens is 248 g/mol. The summed E-state index contributed by atoms with van der Waals surface area (Å²) < 4.78 is 0. The third-order valence-electron chi connectivity index (χ3n) is 2.87. The highest BCUT2D eigenvalue weighted by atomic mass is 15.4. The van der Waals surface area contributed by atoms with Crippen molar-refractivity contribution < 1.29 is 0 Å². The van der Waals surface area contributed by atoms with Crippen molar-refractivity contribution in [3.05, 3.63) is 53.3 Å². The predicted octanol–water partition coefficient (Wildman–Crippen LogP) is 3.71. The summed E-state index contributed by atoms with van der Waals surface area (Å²) in [4.78, 5) is 8.66. The first-order chi connectivity index (χ1) is 9.69. The molecule has 1 N–H and O–H groups in total. The molecule has 0 saturated carbocycles. The fourth-order valence-electron chi connectivity index (χ4n) is 2.03. The van der Waals surface area contributed by atoms with Gasteiger partial charge < -0.3 is 0 Å². The minimum absolute atomic E-state index is 0.548. The van der Waals surface area contributed by atoms with E-state index in [0.717, 1.165) is 35.5 Å². The number of nitrogens with one attached hydrogen (secondary N) is 1. The Morgan fingerprint density at radius 3 is 2.35 bits per heavy atom. The number of benzene rings is 1. The van der Waals surface area contributed by atoms with E-state index in [1.807, 2.05) is 38.1 Å². The van der Waals surface area contributed by atoms with Gasteiger partial charge in [-0.05, 0) is 31.9 Å². The van der Waals surface area contributed by atoms with E-state index < -0.39 is 0 Å². The number of aromatic nitrogens is 2. The largest absolute Gasteiger partial charge is 0.245 e. The summed E-state index contributed by atoms with van der Waals surface area (Å²) in [6, 6.07) is 12.1. The zero-order valence-electron chi connectivity index (χ0n) is 12.2. The lowest BCUT2D eigenvalue weighted by Gasteiger charge is -2.07. The normalized spacial score (nSPS) is 11.4. The predicted molar refractivity (Wildman–Crippen MR) is 83.0 cm³/mol. The van der Waals surface area contributed by atoms with Gasteiger partial charge in [-0.25, -0.2) is 15.4 Å². The van der Waals surface area contributed by atoms with Crippen LogP contribution in [0.25, 0.3) is 0 Å². The number of rotatable bonds is 5. The maximum absolute atomic E-state index is 4.48. The zero-order valence-corrected chi connectivity index (χ0v) is 12.2. The molecule has 0 saturated heterocycles. The van der Waals surface area contributed by atoms with Gasteiger partial charge in [-0.2, -0.15) is 5.10 Å². The Morgan fingerprint density at radius 1 is 1.10 bits per heavy atom. The van der Waals surface area contributed by atoms with Gasteiger partial charge >= 0.3 is 0 Å². The number of aryl methyl sites for hydroxylation is 2. The van der Waals surface area contributed by atoms with E-state index in [-0.39, 0.29) is 0 Å². The van der Waals surface area contributed by atoms with Crippen molar-refractivity contribution in [2.45, 2.75) is 33.6 Å². The Balaban J connectivity index is 2.21. The van der Waals surface area contributed by atoms with Crippen molar-refractivity contribution >= 4 is 11.7 Å². The maximum Gasteiger partial charge on any atom is 0.243 e. The first kappa shape index (κ1) is 14.2. The summed E-state index contributed by atoms with van der Waals surface area (Å²) in [6.07, 6.45) is 1.96. The monoisotopic (exact) mass is 268 g/mol. The molecule has 0 amide bonds. The van der Waals surface area contributed by atoms with Gasteiger partial charge in [-0.1, -0.05) is 43.7 Å². The van der Waals surface area contributed by atoms with E-state index in [2.05, 4.69) is 39.6 Å². The van der Waals surface area contributed by atoms with Crippen molar-refractivity contribution in [2.75, 3.05) is 5.43 Å². The van der Waals surface area contributed by atoms with Crippen LogP contribution < -0.4 is 5.43 Å². The molecule has 4 heteroatoms. The van der Waals surface area contributed by atoms with Gasteiger partial charge in [-0.15, -0.1) is 0 Å². The molecule has 0 fully saturated rings. The molecule has 104 valence electrons. The second-order valence-electron chi connectivity index (χ2n) is 4.76. The first-order valence-corrected chi connectivity index (χ1v) is 6.89. The molecule has 0 spiro atoms. The van der Waals surface area contributed by atoms with Crippen molar-refractivity contribution in [3.8, 4) is 0 Å². The van der Waals surface area contributed by atoms with Crippen LogP contribution in [-0.4, -0.2) is 15.7 Å². The van der Waals surface area contributed by atoms with Gasteiger partial charge in [0.25, 0.3) is 0 Å². The van der Waals surface area contributed by atoms with Crippen LogP contribution >= 0.6 is 0 Å². The molecule has 1 heterocycles. The van der Waals surface area contributed by atoms with Crippen LogP contribution in [-0.2, 0) is 0 Å². The standard InChI is InChI=1S/C16H20N4/c1-4-8-15(14-9-6-5-7-10-14)19-20-16-17-12(2)11-13(3)18-16/h5-7,9-11H,4,8H2,1-3H3,(H,17,18,20)/b19-15-. The molecule has 20 heavy (non-hydrogen) atoms. The van der Waals surface area contributed by atoms with Crippen molar-refractivity contribution in [2.24, 2.45) is 5.10 Å². The van der Waals surface area contributed by atoms with E-state index in [4.69, 9.17) is 0 Å². The van der Waals surface area contributed by atoms with Crippen molar-refractivity contribution in [1.82, 2.24) is 9.97 Å². The second kappa shape index (κ2) is 6.80. The molecule has 0 aliphatic carbocycles. The van der Waals surface area contributed by atoms with Gasteiger partial charge in [0.05, 0.1) is 5.71 Å². The van der Waals surface area contributed by atoms with Gasteiger partial charge in [0, 0.05) is 11.4 Å². The maximum atomic E-state index is 4.48. The number of hydrogen-bond donors (Lipinski definition) is 1. The lowest BCUT2D eigenvalue weighted by molar-refractivity contribution is 0.979. The first-order valence-electron chi connectivity index (χ1n) is 6.89. The molecule has 0 atom stereocenters. The third-order valence-corrected chi connectivity index (χ3v) is 2.87. The summed E-state index contributed by atoms with van der Waals surface area (Å²) in [5, 5.41) is 4.48. The minimum atomic E-state index is 0.548. The van der Waals surface area contributed by atoms with Gasteiger partial charge in [0.2, 0.25) is 5.95 Å². The Kier molecular flexibility index (Phi) is 4.82. The average Bonchev–Trinajstić information content (AvgIpc) is 2.43. The van der Waals surface area contributed by atoms with E-state index in [1.54, 1.807) is 0 Å². The fraction of sp³-hybridized carbons (Fsp3) is 0.312. The summed E-state index contributed by atoms with van der Waals surface area (Å²) in [5.41, 5.74) is 7.00. The van der Waals surface area contributed by atoms with Crippen LogP contribution in [0.15, 0.2) is 41.5 Å². The SMILES string of the molecule is CCC/C(=N/Nc1nc(C)cc(C)n1)c1ccccc1. The molecule has 0 unspecified atom stereocenters. The highest BCUT2D eigenvalue weighted by Crippen LogP contribution is 2.08. The van der Waals surface area contributed by atoms with Crippen LogP contribution in [0.4, 0.5) is 5.95 Å². The highest BCUT2D eigenvalue weighted by Gasteiger charge is 2.03. The third kappa shape index (κ3) is 3.88. The van der Waals surface area contributed by atoms with Crippen molar-refractivity contribution in [3.63, 3.8) is 0 Å². The second-order valence-corrected chi connectivity index (χ2v) is 4.76. The molecule has 1 aromatic carbocycles. The topological polar surface area (TPSA) is 50.2 Å². The summed E-state index contributed by atoms with van der Waals surface area (Å²) in [7, 11) is 0. The Morgan fingerprint density at radius 2 is 1.75 bits per heavy atom. The lowest BCUT2D eigenvalue weighted by Crippen LogP contribution is -2.06. The quantitative estimate of drug-likeness (QED) is 0.664. The number of hydrazone groups is 1. The molecule has 4 nitrogen and oxygen atoms in total. The zero-order chi connectivity index (χ0) is 14.4. The molecular formula is C16H20N4. The van der Waals surface area contributed by atoms with Gasteiger partial charge in [-0.3, -0.25) is 0 Å². The summed E-state index contributed by atoms with van der Waals surface area (Å²) >= 11 is 0. The molecule has 0 aliphatic rings. The molecule has 2 rings (SSSR count). The van der Waals surface area contributed by atoms with Crippen LogP contribution in [0.5, 0.6) is 0 Å². The smallest absolute Gasteiger partial charge is 0.243 e. The Hall–Kier alpha value is -2.23. The minimum Gasteiger partial charge on any atom is -0.245 e. The van der Waals surface area contributed by atoms with E-state index in [9.17, 15) is 0 Å². The lowest BCUT2D eigenvalue weighted by atomic mass is 10.1. The number of nitrogens with zero attached hydrogens (tertiary/aromatic N) is 3. The number of hydrogen-bond acceptors (Lipinski definition) is 4. The summed E-state index contributed by atoms with van der Waals surface area (Å²) in [6.45, 7) is 6.05. The summed E-state index contributed by atoms with van der Waals surface area (Å²) in [5.74, 6) is 0.548. The molecule has 0 bridgehead atoms. The Bertz CT molecular complexity index is 570. The molecule has 2 aromatic rings. The van der Waals surface area contributed by atoms with Crippen LogP contribution in [0.2, 0.25) is 0 Å². The van der Waals surface area contributed by atoms with E-state index >= 15 is 0 Å². The van der Waals surface area contributed by atoms with E-state index in [1.165, 1.54) is 0 Å². The average molecular weight is 268 g/mol. The molecule has 0 aliphatic heterocycles. The fourth-order valence-corrected chi connectivity index (χ4v) is 2.03. The number of anilines is 1. The van der Waals surface area contributed by atoms with Crippen molar-refractivity contribution in [1.29, 1.82) is 0 Å². The highest BCUT2D eigenvalue weighted by molar-refractivity contribution is 6.00. The molecule has 0 radical (unpaired) electrons. The Labute approximate surface area is 120 Å². The van der Waals surface area contributed by atoms with E-state index in [0.29, 0.717) is 5.95 Å². The van der Waals surface area contributed by atoms with Crippen LogP contribution in [0.3, 0.4) is 0 Å². The van der Waals surface area contributed by atoms with Gasteiger partial charge in [0.1, 0.15) is 0 Å². The van der Waals surface area contributed by atoms with Gasteiger partial charge in [0.15, 0.2) is 0 Å². The molecule has 1 aromatic heterocycles. The van der Waals surface area contributed by atoms with Crippen LogP contribution in [0.1, 0.15) is 36.7 Å².